The largest absolute Gasteiger partial charge is 0.325 e. The number of carbonyl (C=O) groups is 2. The molecule has 29 heavy (non-hydrogen) atoms. The second-order valence-corrected chi connectivity index (χ2v) is 8.52. The Hall–Kier alpha value is -2.06. The highest BCUT2D eigenvalue weighted by Gasteiger charge is 2.30. The Morgan fingerprint density at radius 2 is 1.86 bits per heavy atom. The number of carbonyl (C=O) groups excluding carboxylic acids is 2. The van der Waals surface area contributed by atoms with E-state index in [4.69, 9.17) is 34.8 Å². The summed E-state index contributed by atoms with van der Waals surface area (Å²) in [6.45, 7) is 1.79. The SMILES string of the molecule is C/C(=N/N=C1/NC(=O)C[C@@H](C(=O)Nc2ccc(Cl)c(Cl)c2)S1)c1ccc(Cl)cc1. The molecule has 2 amide bonds. The number of rotatable bonds is 4. The van der Waals surface area contributed by atoms with Gasteiger partial charge in [-0.05, 0) is 42.8 Å². The summed E-state index contributed by atoms with van der Waals surface area (Å²) in [5.41, 5.74) is 1.98. The van der Waals surface area contributed by atoms with Crippen molar-refractivity contribution in [3.63, 3.8) is 0 Å². The van der Waals surface area contributed by atoms with E-state index in [0.717, 1.165) is 17.3 Å². The summed E-state index contributed by atoms with van der Waals surface area (Å²) in [5.74, 6) is -0.648. The number of amidine groups is 1. The summed E-state index contributed by atoms with van der Waals surface area (Å²) in [7, 11) is 0. The summed E-state index contributed by atoms with van der Waals surface area (Å²) >= 11 is 18.9. The van der Waals surface area contributed by atoms with Crippen molar-refractivity contribution in [2.24, 2.45) is 10.2 Å². The van der Waals surface area contributed by atoms with Crippen LogP contribution in [0.4, 0.5) is 5.69 Å². The minimum absolute atomic E-state index is 0.0245. The van der Waals surface area contributed by atoms with Crippen LogP contribution in [0.15, 0.2) is 52.7 Å². The van der Waals surface area contributed by atoms with E-state index in [-0.39, 0.29) is 23.4 Å². The van der Waals surface area contributed by atoms with Crippen molar-refractivity contribution >= 4 is 74.9 Å². The molecule has 0 spiro atoms. The molecule has 0 radical (unpaired) electrons. The molecular formula is C19H15Cl3N4O2S. The first-order valence-electron chi connectivity index (χ1n) is 8.42. The Bertz CT molecular complexity index is 1010. The maximum atomic E-state index is 12.6. The number of anilines is 1. The van der Waals surface area contributed by atoms with Crippen LogP contribution >= 0.6 is 46.6 Å². The van der Waals surface area contributed by atoms with Gasteiger partial charge in [0.25, 0.3) is 0 Å². The molecule has 10 heteroatoms. The van der Waals surface area contributed by atoms with Crippen LogP contribution < -0.4 is 10.6 Å². The Morgan fingerprint density at radius 3 is 2.55 bits per heavy atom. The molecule has 3 rings (SSSR count). The zero-order valence-corrected chi connectivity index (χ0v) is 18.2. The van der Waals surface area contributed by atoms with Crippen molar-refractivity contribution in [3.8, 4) is 0 Å². The normalized spacial score (nSPS) is 18.5. The van der Waals surface area contributed by atoms with Gasteiger partial charge in [0.15, 0.2) is 5.17 Å². The predicted molar refractivity (Wildman–Crippen MR) is 120 cm³/mol. The zero-order chi connectivity index (χ0) is 21.0. The van der Waals surface area contributed by atoms with Gasteiger partial charge < -0.3 is 10.6 Å². The Morgan fingerprint density at radius 1 is 1.14 bits per heavy atom. The van der Waals surface area contributed by atoms with Gasteiger partial charge in [0.05, 0.1) is 15.8 Å². The summed E-state index contributed by atoms with van der Waals surface area (Å²) in [6, 6.07) is 11.9. The zero-order valence-electron chi connectivity index (χ0n) is 15.1. The quantitative estimate of drug-likeness (QED) is 0.489. The van der Waals surface area contributed by atoms with Crippen molar-refractivity contribution in [3.05, 3.63) is 63.1 Å². The smallest absolute Gasteiger partial charge is 0.238 e. The van der Waals surface area contributed by atoms with Crippen molar-refractivity contribution in [1.29, 1.82) is 0 Å². The lowest BCUT2D eigenvalue weighted by Crippen LogP contribution is -2.41. The molecule has 1 aliphatic rings. The van der Waals surface area contributed by atoms with Crippen molar-refractivity contribution < 1.29 is 9.59 Å². The van der Waals surface area contributed by atoms with Gasteiger partial charge >= 0.3 is 0 Å². The fourth-order valence-electron chi connectivity index (χ4n) is 2.41. The molecular weight excluding hydrogens is 455 g/mol. The van der Waals surface area contributed by atoms with Crippen LogP contribution in [0.3, 0.4) is 0 Å². The third-order valence-electron chi connectivity index (χ3n) is 3.90. The van der Waals surface area contributed by atoms with Crippen molar-refractivity contribution in [2.45, 2.75) is 18.6 Å². The van der Waals surface area contributed by atoms with Crippen molar-refractivity contribution in [2.75, 3.05) is 5.32 Å². The monoisotopic (exact) mass is 468 g/mol. The molecule has 0 unspecified atom stereocenters. The molecule has 2 aromatic rings. The topological polar surface area (TPSA) is 82.9 Å². The van der Waals surface area contributed by atoms with E-state index in [0.29, 0.717) is 26.5 Å². The molecule has 150 valence electrons. The molecule has 0 saturated carbocycles. The van der Waals surface area contributed by atoms with E-state index in [1.54, 1.807) is 37.3 Å². The maximum absolute atomic E-state index is 12.6. The van der Waals surface area contributed by atoms with Crippen LogP contribution in [0, 0.1) is 0 Å². The summed E-state index contributed by atoms with van der Waals surface area (Å²) in [5, 5.41) is 14.5. The van der Waals surface area contributed by atoms with Crippen LogP contribution in [-0.2, 0) is 9.59 Å². The molecule has 0 aromatic heterocycles. The third kappa shape index (κ3) is 5.96. The number of nitrogens with one attached hydrogen (secondary N) is 2. The first kappa shape index (κ1) is 21.6. The highest BCUT2D eigenvalue weighted by Crippen LogP contribution is 2.27. The molecule has 1 fully saturated rings. The molecule has 1 saturated heterocycles. The van der Waals surface area contributed by atoms with Gasteiger partial charge in [0.2, 0.25) is 11.8 Å². The molecule has 1 atom stereocenters. The van der Waals surface area contributed by atoms with Gasteiger partial charge in [-0.2, -0.15) is 5.10 Å². The lowest BCUT2D eigenvalue weighted by atomic mass is 10.1. The fraction of sp³-hybridized carbons (Fsp3) is 0.158. The number of nitrogens with zero attached hydrogens (tertiary/aromatic N) is 2. The Kier molecular flexibility index (Phi) is 7.18. The highest BCUT2D eigenvalue weighted by molar-refractivity contribution is 8.15. The fourth-order valence-corrected chi connectivity index (χ4v) is 3.76. The molecule has 1 aliphatic heterocycles. The highest BCUT2D eigenvalue weighted by atomic mass is 35.5. The van der Waals surface area contributed by atoms with Gasteiger partial charge in [0, 0.05) is 17.1 Å². The lowest BCUT2D eigenvalue weighted by Gasteiger charge is -2.21. The number of benzene rings is 2. The number of thioether (sulfide) groups is 1. The average Bonchev–Trinajstić information content (AvgIpc) is 2.69. The molecule has 6 nitrogen and oxygen atoms in total. The number of hydrogen-bond donors (Lipinski definition) is 2. The van der Waals surface area contributed by atoms with Gasteiger partial charge in [-0.1, -0.05) is 58.7 Å². The van der Waals surface area contributed by atoms with E-state index in [1.165, 1.54) is 0 Å². The van der Waals surface area contributed by atoms with E-state index >= 15 is 0 Å². The minimum atomic E-state index is -0.650. The average molecular weight is 470 g/mol. The second-order valence-electron chi connectivity index (χ2n) is 6.07. The van der Waals surface area contributed by atoms with Gasteiger partial charge in [-0.25, -0.2) is 0 Å². The van der Waals surface area contributed by atoms with Gasteiger partial charge in [0.1, 0.15) is 5.25 Å². The first-order chi connectivity index (χ1) is 13.8. The lowest BCUT2D eigenvalue weighted by molar-refractivity contribution is -0.123. The summed E-state index contributed by atoms with van der Waals surface area (Å²) in [6.07, 6.45) is 0.0245. The Balaban J connectivity index is 1.70. The second kappa shape index (κ2) is 9.63. The van der Waals surface area contributed by atoms with Crippen LogP contribution in [0.25, 0.3) is 0 Å². The molecule has 2 N–H and O–H groups in total. The van der Waals surface area contributed by atoms with Crippen LogP contribution in [0.1, 0.15) is 18.9 Å². The van der Waals surface area contributed by atoms with Gasteiger partial charge in [-0.15, -0.1) is 5.10 Å². The molecule has 2 aromatic carbocycles. The van der Waals surface area contributed by atoms with E-state index < -0.39 is 5.25 Å². The van der Waals surface area contributed by atoms with E-state index in [2.05, 4.69) is 20.8 Å². The first-order valence-corrected chi connectivity index (χ1v) is 10.4. The van der Waals surface area contributed by atoms with Crippen molar-refractivity contribution in [1.82, 2.24) is 5.32 Å². The van der Waals surface area contributed by atoms with Crippen LogP contribution in [0.5, 0.6) is 0 Å². The molecule has 1 heterocycles. The van der Waals surface area contributed by atoms with Crippen LogP contribution in [0.2, 0.25) is 15.1 Å². The minimum Gasteiger partial charge on any atom is -0.325 e. The predicted octanol–water partition coefficient (Wildman–Crippen LogP) is 4.99. The van der Waals surface area contributed by atoms with Gasteiger partial charge in [-0.3, -0.25) is 9.59 Å². The molecule has 0 aliphatic carbocycles. The Labute approximate surface area is 186 Å². The number of hydrogen-bond acceptors (Lipinski definition) is 5. The van der Waals surface area contributed by atoms with E-state index in [1.807, 2.05) is 12.1 Å². The summed E-state index contributed by atoms with van der Waals surface area (Å²) < 4.78 is 0. The number of amides is 2. The maximum Gasteiger partial charge on any atom is 0.238 e. The number of halogens is 3. The standard InChI is InChI=1S/C19H15Cl3N4O2S/c1-10(11-2-4-12(20)5-3-11)25-26-19-24-17(27)9-16(29-19)18(28)23-13-6-7-14(21)15(22)8-13/h2-8,16H,9H2,1H3,(H,23,28)(H,24,26,27)/b25-10-/t16-/m0/s1. The summed E-state index contributed by atoms with van der Waals surface area (Å²) in [4.78, 5) is 24.6. The van der Waals surface area contributed by atoms with Crippen LogP contribution in [-0.4, -0.2) is 27.9 Å². The molecule has 0 bridgehead atoms. The van der Waals surface area contributed by atoms with E-state index in [9.17, 15) is 9.59 Å². The third-order valence-corrected chi connectivity index (χ3v) is 5.97.